The molecule has 1 aromatic carbocycles. The summed E-state index contributed by atoms with van der Waals surface area (Å²) in [5, 5.41) is 3.67. The summed E-state index contributed by atoms with van der Waals surface area (Å²) in [7, 11) is 0. The molecule has 0 saturated carbocycles. The van der Waals surface area contributed by atoms with Gasteiger partial charge in [0, 0.05) is 23.0 Å². The van der Waals surface area contributed by atoms with E-state index in [1.165, 1.54) is 12.3 Å². The zero-order valence-corrected chi connectivity index (χ0v) is 12.5. The van der Waals surface area contributed by atoms with Crippen molar-refractivity contribution in [3.63, 3.8) is 0 Å². The molecule has 20 heavy (non-hydrogen) atoms. The van der Waals surface area contributed by atoms with E-state index in [4.69, 9.17) is 11.6 Å². The van der Waals surface area contributed by atoms with Gasteiger partial charge in [0.1, 0.15) is 0 Å². The van der Waals surface area contributed by atoms with Gasteiger partial charge in [-0.05, 0) is 18.2 Å². The first kappa shape index (κ1) is 16.6. The van der Waals surface area contributed by atoms with Crippen molar-refractivity contribution in [2.24, 2.45) is 0 Å². The second-order valence-electron chi connectivity index (χ2n) is 3.59. The number of thioether (sulfide) groups is 1. The van der Waals surface area contributed by atoms with Crippen molar-refractivity contribution in [1.82, 2.24) is 9.97 Å². The number of carbonyl (C=O) groups is 1. The molecule has 0 radical (unpaired) electrons. The molecule has 0 aliphatic heterocycles. The fraction of sp³-hybridized carbons (Fsp3) is 0.0833. The van der Waals surface area contributed by atoms with Gasteiger partial charge in [0.2, 0.25) is 5.91 Å². The number of aromatic nitrogens is 2. The van der Waals surface area contributed by atoms with Crippen molar-refractivity contribution in [3.05, 3.63) is 51.9 Å². The minimum Gasteiger partial charge on any atom is -0.325 e. The predicted octanol–water partition coefficient (Wildman–Crippen LogP) is 2.58. The van der Waals surface area contributed by atoms with E-state index in [1.807, 2.05) is 0 Å². The highest BCUT2D eigenvalue weighted by Crippen LogP contribution is 2.16. The highest BCUT2D eigenvalue weighted by atomic mass is 35.5. The van der Waals surface area contributed by atoms with Gasteiger partial charge < -0.3 is 10.3 Å². The Morgan fingerprint density at radius 3 is 2.90 bits per heavy atom. The quantitative estimate of drug-likeness (QED) is 0.667. The number of anilines is 1. The van der Waals surface area contributed by atoms with E-state index in [0.717, 1.165) is 11.8 Å². The number of hydrogen-bond acceptors (Lipinski definition) is 4. The number of aromatic amines is 1. The fourth-order valence-electron chi connectivity index (χ4n) is 1.32. The summed E-state index contributed by atoms with van der Waals surface area (Å²) in [5.41, 5.74) is 0.389. The molecule has 0 atom stereocenters. The van der Waals surface area contributed by atoms with Crippen molar-refractivity contribution in [3.8, 4) is 0 Å². The normalized spacial score (nSPS) is 9.65. The number of hydrogen-bond donors (Lipinski definition) is 2. The van der Waals surface area contributed by atoms with Crippen LogP contribution in [-0.4, -0.2) is 21.6 Å². The van der Waals surface area contributed by atoms with Crippen molar-refractivity contribution in [2.45, 2.75) is 5.16 Å². The maximum atomic E-state index is 11.7. The van der Waals surface area contributed by atoms with Gasteiger partial charge in [0.25, 0.3) is 5.56 Å². The first-order valence-corrected chi connectivity index (χ1v) is 6.73. The summed E-state index contributed by atoms with van der Waals surface area (Å²) in [5.74, 6) is -0.0433. The Hall–Kier alpha value is -1.50. The van der Waals surface area contributed by atoms with Crippen molar-refractivity contribution in [2.75, 3.05) is 11.1 Å². The largest absolute Gasteiger partial charge is 0.325 e. The van der Waals surface area contributed by atoms with Gasteiger partial charge in [-0.3, -0.25) is 9.59 Å². The van der Waals surface area contributed by atoms with Crippen LogP contribution in [0.25, 0.3) is 0 Å². The summed E-state index contributed by atoms with van der Waals surface area (Å²) in [6.45, 7) is 0. The number of halogens is 2. The highest BCUT2D eigenvalue weighted by Gasteiger charge is 2.05. The lowest BCUT2D eigenvalue weighted by Crippen LogP contribution is -2.15. The van der Waals surface area contributed by atoms with E-state index in [9.17, 15) is 9.59 Å². The average Bonchev–Trinajstić information content (AvgIpc) is 2.36. The maximum absolute atomic E-state index is 11.7. The molecule has 5 nitrogen and oxygen atoms in total. The molecule has 0 fully saturated rings. The van der Waals surface area contributed by atoms with Crippen LogP contribution >= 0.6 is 35.8 Å². The summed E-state index contributed by atoms with van der Waals surface area (Å²) in [6.07, 6.45) is 1.40. The first-order chi connectivity index (χ1) is 9.13. The maximum Gasteiger partial charge on any atom is 0.251 e. The van der Waals surface area contributed by atoms with Gasteiger partial charge in [0.05, 0.1) is 5.75 Å². The van der Waals surface area contributed by atoms with E-state index in [-0.39, 0.29) is 29.6 Å². The molecule has 2 N–H and O–H groups in total. The van der Waals surface area contributed by atoms with Gasteiger partial charge in [-0.15, -0.1) is 12.4 Å². The van der Waals surface area contributed by atoms with Crippen LogP contribution < -0.4 is 10.9 Å². The van der Waals surface area contributed by atoms with Crippen LogP contribution in [0.4, 0.5) is 5.69 Å². The fourth-order valence-corrected chi connectivity index (χ4v) is 2.16. The standard InChI is InChI=1S/C12H10ClN3O2S.ClH/c13-8-2-1-3-9(6-8)15-11(18)7-19-12-14-5-4-10(17)16-12;/h1-6H,7H2,(H,15,18)(H,14,16,17);1H. The predicted molar refractivity (Wildman–Crippen MR) is 82.9 cm³/mol. The molecule has 0 spiro atoms. The van der Waals surface area contributed by atoms with Gasteiger partial charge in [-0.25, -0.2) is 4.98 Å². The van der Waals surface area contributed by atoms with Crippen LogP contribution in [0.15, 0.2) is 46.5 Å². The molecule has 0 bridgehead atoms. The summed E-state index contributed by atoms with van der Waals surface area (Å²) >= 11 is 6.97. The third kappa shape index (κ3) is 5.24. The van der Waals surface area contributed by atoms with Crippen molar-refractivity contribution in [1.29, 1.82) is 0 Å². The topological polar surface area (TPSA) is 74.8 Å². The van der Waals surface area contributed by atoms with Gasteiger partial charge >= 0.3 is 0 Å². The summed E-state index contributed by atoms with van der Waals surface area (Å²) in [6, 6.07) is 8.20. The molecule has 106 valence electrons. The number of nitrogens with one attached hydrogen (secondary N) is 2. The monoisotopic (exact) mass is 331 g/mol. The third-order valence-corrected chi connectivity index (χ3v) is 3.22. The van der Waals surface area contributed by atoms with Crippen LogP contribution in [0.1, 0.15) is 0 Å². The van der Waals surface area contributed by atoms with E-state index >= 15 is 0 Å². The second kappa shape index (κ2) is 7.94. The number of benzene rings is 1. The first-order valence-electron chi connectivity index (χ1n) is 5.37. The number of nitrogens with zero attached hydrogens (tertiary/aromatic N) is 1. The molecule has 8 heteroatoms. The van der Waals surface area contributed by atoms with Crippen LogP contribution in [0.2, 0.25) is 5.02 Å². The van der Waals surface area contributed by atoms with Crippen LogP contribution in [0, 0.1) is 0 Å². The summed E-state index contributed by atoms with van der Waals surface area (Å²) in [4.78, 5) is 29.2. The van der Waals surface area contributed by atoms with Crippen LogP contribution in [0.5, 0.6) is 0 Å². The van der Waals surface area contributed by atoms with Gasteiger partial charge in [-0.2, -0.15) is 0 Å². The number of H-pyrrole nitrogens is 1. The lowest BCUT2D eigenvalue weighted by molar-refractivity contribution is -0.113. The number of rotatable bonds is 4. The third-order valence-electron chi connectivity index (χ3n) is 2.10. The number of amides is 1. The number of carbonyl (C=O) groups excluding carboxylic acids is 1. The molecule has 0 aliphatic rings. The molecule has 1 amide bonds. The molecule has 0 unspecified atom stereocenters. The Labute approximate surface area is 130 Å². The Morgan fingerprint density at radius 2 is 2.20 bits per heavy atom. The van der Waals surface area contributed by atoms with Gasteiger partial charge in [-0.1, -0.05) is 29.4 Å². The van der Waals surface area contributed by atoms with Crippen LogP contribution in [-0.2, 0) is 4.79 Å². The second-order valence-corrected chi connectivity index (χ2v) is 4.99. The van der Waals surface area contributed by atoms with E-state index in [2.05, 4.69) is 15.3 Å². The minimum atomic E-state index is -0.243. The minimum absolute atomic E-state index is 0. The Balaban J connectivity index is 0.00000200. The highest BCUT2D eigenvalue weighted by molar-refractivity contribution is 7.99. The molecule has 1 heterocycles. The van der Waals surface area contributed by atoms with Crippen molar-refractivity contribution < 1.29 is 4.79 Å². The zero-order chi connectivity index (χ0) is 13.7. The molecule has 1 aromatic heterocycles. The SMILES string of the molecule is Cl.O=C(CSc1nccc(=O)[nH]1)Nc1cccc(Cl)c1. The van der Waals surface area contributed by atoms with Crippen molar-refractivity contribution >= 4 is 47.4 Å². The Bertz CT molecular complexity index is 648. The zero-order valence-electron chi connectivity index (χ0n) is 10.1. The Morgan fingerprint density at radius 1 is 1.40 bits per heavy atom. The summed E-state index contributed by atoms with van der Waals surface area (Å²) < 4.78 is 0. The molecular formula is C12H11Cl2N3O2S. The van der Waals surface area contributed by atoms with E-state index in [1.54, 1.807) is 24.3 Å². The molecular weight excluding hydrogens is 321 g/mol. The molecule has 0 aliphatic carbocycles. The Kier molecular flexibility index (Phi) is 6.57. The van der Waals surface area contributed by atoms with Gasteiger partial charge in [0.15, 0.2) is 5.16 Å². The molecule has 0 saturated heterocycles. The molecule has 2 aromatic rings. The average molecular weight is 332 g/mol. The van der Waals surface area contributed by atoms with E-state index in [0.29, 0.717) is 15.9 Å². The van der Waals surface area contributed by atoms with E-state index < -0.39 is 0 Å². The lowest BCUT2D eigenvalue weighted by Gasteiger charge is -2.04. The smallest absolute Gasteiger partial charge is 0.251 e. The lowest BCUT2D eigenvalue weighted by atomic mass is 10.3. The molecule has 2 rings (SSSR count). The van der Waals surface area contributed by atoms with Crippen LogP contribution in [0.3, 0.4) is 0 Å².